The van der Waals surface area contributed by atoms with Crippen molar-refractivity contribution in [3.05, 3.63) is 33.2 Å². The van der Waals surface area contributed by atoms with Gasteiger partial charge < -0.3 is 9.64 Å². The zero-order valence-electron chi connectivity index (χ0n) is 9.57. The van der Waals surface area contributed by atoms with Gasteiger partial charge in [0.25, 0.3) is 0 Å². The molecule has 6 nitrogen and oxygen atoms in total. The molecule has 1 aliphatic heterocycles. The van der Waals surface area contributed by atoms with Crippen LogP contribution < -0.4 is 0 Å². The molecule has 18 heavy (non-hydrogen) atoms. The summed E-state index contributed by atoms with van der Waals surface area (Å²) in [7, 11) is 0. The summed E-state index contributed by atoms with van der Waals surface area (Å²) in [6.07, 6.45) is 3.05. The second-order valence-electron chi connectivity index (χ2n) is 3.70. The van der Waals surface area contributed by atoms with Crippen molar-refractivity contribution in [1.82, 2.24) is 4.90 Å². The van der Waals surface area contributed by atoms with E-state index >= 15 is 0 Å². The highest BCUT2D eigenvalue weighted by atomic mass is 32.1. The van der Waals surface area contributed by atoms with E-state index in [-0.39, 0.29) is 10.9 Å². The van der Waals surface area contributed by atoms with E-state index in [1.807, 2.05) is 0 Å². The third-order valence-electron chi connectivity index (χ3n) is 2.51. The number of ether oxygens (including phenoxy) is 1. The lowest BCUT2D eigenvalue weighted by Crippen LogP contribution is -2.39. The Balaban J connectivity index is 1.96. The Hall–Kier alpha value is -1.73. The monoisotopic (exact) mass is 268 g/mol. The Kier molecular flexibility index (Phi) is 4.06. The molecule has 0 atom stereocenters. The van der Waals surface area contributed by atoms with Gasteiger partial charge in [-0.15, -0.1) is 0 Å². The number of rotatable bonds is 3. The van der Waals surface area contributed by atoms with Crippen LogP contribution in [0.25, 0.3) is 6.08 Å². The molecule has 0 N–H and O–H groups in total. The maximum atomic E-state index is 11.8. The molecule has 0 spiro atoms. The van der Waals surface area contributed by atoms with Crippen LogP contribution in [0.3, 0.4) is 0 Å². The number of hydrogen-bond donors (Lipinski definition) is 0. The zero-order valence-corrected chi connectivity index (χ0v) is 10.4. The van der Waals surface area contributed by atoms with Gasteiger partial charge in [-0.25, -0.2) is 0 Å². The third kappa shape index (κ3) is 3.14. The first-order chi connectivity index (χ1) is 8.66. The van der Waals surface area contributed by atoms with Gasteiger partial charge in [0.15, 0.2) is 0 Å². The van der Waals surface area contributed by atoms with Gasteiger partial charge in [-0.3, -0.25) is 14.9 Å². The Labute approximate surface area is 108 Å². The van der Waals surface area contributed by atoms with Crippen molar-refractivity contribution in [2.75, 3.05) is 26.3 Å². The zero-order chi connectivity index (χ0) is 13.0. The minimum atomic E-state index is -0.439. The summed E-state index contributed by atoms with van der Waals surface area (Å²) in [4.78, 5) is 24.2. The van der Waals surface area contributed by atoms with Crippen LogP contribution in [-0.4, -0.2) is 42.0 Å². The van der Waals surface area contributed by atoms with Gasteiger partial charge >= 0.3 is 5.00 Å². The van der Waals surface area contributed by atoms with Crippen LogP contribution in [0.1, 0.15) is 4.88 Å². The van der Waals surface area contributed by atoms with E-state index in [4.69, 9.17) is 4.74 Å². The van der Waals surface area contributed by atoms with Crippen molar-refractivity contribution < 1.29 is 14.5 Å². The summed E-state index contributed by atoms with van der Waals surface area (Å²) in [5, 5.41) is 10.6. The highest BCUT2D eigenvalue weighted by Gasteiger charge is 2.14. The fourth-order valence-electron chi connectivity index (χ4n) is 1.57. The van der Waals surface area contributed by atoms with Crippen molar-refractivity contribution in [2.24, 2.45) is 0 Å². The van der Waals surface area contributed by atoms with Crippen LogP contribution >= 0.6 is 11.3 Å². The van der Waals surface area contributed by atoms with Crippen molar-refractivity contribution >= 4 is 28.3 Å². The standard InChI is InChI=1S/C11H12N2O4S/c14-10(12-5-7-17-8-6-12)3-1-9-2-4-11(18-9)13(15)16/h1-4H,5-8H2. The van der Waals surface area contributed by atoms with Gasteiger partial charge in [0, 0.05) is 30.1 Å². The number of morpholine rings is 1. The predicted molar refractivity (Wildman–Crippen MR) is 67.4 cm³/mol. The second kappa shape index (κ2) is 5.74. The predicted octanol–water partition coefficient (Wildman–Crippen LogP) is 1.53. The number of hydrogen-bond acceptors (Lipinski definition) is 5. The molecular weight excluding hydrogens is 256 g/mol. The highest BCUT2D eigenvalue weighted by Crippen LogP contribution is 2.24. The van der Waals surface area contributed by atoms with Gasteiger partial charge in [-0.2, -0.15) is 0 Å². The molecule has 1 aromatic heterocycles. The quantitative estimate of drug-likeness (QED) is 0.473. The minimum Gasteiger partial charge on any atom is -0.378 e. The molecule has 2 heterocycles. The Morgan fingerprint density at radius 1 is 1.44 bits per heavy atom. The number of nitrogens with zero attached hydrogens (tertiary/aromatic N) is 2. The summed E-state index contributed by atoms with van der Waals surface area (Å²) in [5.41, 5.74) is 0. The second-order valence-corrected chi connectivity index (χ2v) is 4.80. The minimum absolute atomic E-state index is 0.0773. The van der Waals surface area contributed by atoms with Crippen LogP contribution in [-0.2, 0) is 9.53 Å². The fourth-order valence-corrected chi connectivity index (χ4v) is 2.30. The van der Waals surface area contributed by atoms with Crippen molar-refractivity contribution in [1.29, 1.82) is 0 Å². The molecule has 1 amide bonds. The molecule has 0 radical (unpaired) electrons. The lowest BCUT2D eigenvalue weighted by atomic mass is 10.3. The van der Waals surface area contributed by atoms with Crippen LogP contribution in [0, 0.1) is 10.1 Å². The maximum absolute atomic E-state index is 11.8. The molecule has 0 aromatic carbocycles. The molecule has 0 aliphatic carbocycles. The molecule has 96 valence electrons. The normalized spacial score (nSPS) is 16.1. The molecule has 1 saturated heterocycles. The van der Waals surface area contributed by atoms with Crippen molar-refractivity contribution in [3.8, 4) is 0 Å². The number of carbonyl (C=O) groups excluding carboxylic acids is 1. The average molecular weight is 268 g/mol. The fraction of sp³-hybridized carbons (Fsp3) is 0.364. The number of thiophene rings is 1. The Morgan fingerprint density at radius 2 is 2.17 bits per heavy atom. The van der Waals surface area contributed by atoms with Crippen LogP contribution in [0.5, 0.6) is 0 Å². The SMILES string of the molecule is O=C(C=Cc1ccc([N+](=O)[O-])s1)N1CCOCC1. The van der Waals surface area contributed by atoms with Gasteiger partial charge in [-0.1, -0.05) is 11.3 Å². The summed E-state index contributed by atoms with van der Waals surface area (Å²) in [6.45, 7) is 2.30. The van der Waals surface area contributed by atoms with Crippen molar-refractivity contribution in [2.45, 2.75) is 0 Å². The van der Waals surface area contributed by atoms with E-state index in [1.165, 1.54) is 12.1 Å². The van der Waals surface area contributed by atoms with Crippen LogP contribution in [0.2, 0.25) is 0 Å². The molecule has 0 bridgehead atoms. The van der Waals surface area contributed by atoms with Crippen LogP contribution in [0.15, 0.2) is 18.2 Å². The number of nitro groups is 1. The number of carbonyl (C=O) groups is 1. The highest BCUT2D eigenvalue weighted by molar-refractivity contribution is 7.16. The van der Waals surface area contributed by atoms with E-state index in [0.717, 1.165) is 11.3 Å². The van der Waals surface area contributed by atoms with Gasteiger partial charge in [0.1, 0.15) is 0 Å². The smallest absolute Gasteiger partial charge is 0.324 e. The third-order valence-corrected chi connectivity index (χ3v) is 3.51. The topological polar surface area (TPSA) is 72.7 Å². The van der Waals surface area contributed by atoms with Gasteiger partial charge in [-0.05, 0) is 12.1 Å². The first kappa shape index (κ1) is 12.7. The molecule has 7 heteroatoms. The Bertz CT molecular complexity index is 477. The first-order valence-electron chi connectivity index (χ1n) is 5.46. The summed E-state index contributed by atoms with van der Waals surface area (Å²) < 4.78 is 5.15. The van der Waals surface area contributed by atoms with E-state index in [1.54, 1.807) is 17.0 Å². The van der Waals surface area contributed by atoms with E-state index in [2.05, 4.69) is 0 Å². The molecular formula is C11H12N2O4S. The molecule has 2 rings (SSSR count). The van der Waals surface area contributed by atoms with E-state index < -0.39 is 4.92 Å². The maximum Gasteiger partial charge on any atom is 0.324 e. The first-order valence-corrected chi connectivity index (χ1v) is 6.27. The lowest BCUT2D eigenvalue weighted by Gasteiger charge is -2.25. The number of amides is 1. The van der Waals surface area contributed by atoms with E-state index in [9.17, 15) is 14.9 Å². The summed E-state index contributed by atoms with van der Waals surface area (Å²) >= 11 is 1.05. The average Bonchev–Trinajstić information content (AvgIpc) is 2.86. The molecule has 1 aliphatic rings. The lowest BCUT2D eigenvalue weighted by molar-refractivity contribution is -0.380. The molecule has 0 unspecified atom stereocenters. The summed E-state index contributed by atoms with van der Waals surface area (Å²) in [6, 6.07) is 3.06. The van der Waals surface area contributed by atoms with Gasteiger partial charge in [0.05, 0.1) is 18.1 Å². The van der Waals surface area contributed by atoms with Gasteiger partial charge in [0.2, 0.25) is 5.91 Å². The molecule has 1 aromatic rings. The largest absolute Gasteiger partial charge is 0.378 e. The summed E-state index contributed by atoms with van der Waals surface area (Å²) in [5.74, 6) is -0.0886. The van der Waals surface area contributed by atoms with Crippen molar-refractivity contribution in [3.63, 3.8) is 0 Å². The van der Waals surface area contributed by atoms with E-state index in [0.29, 0.717) is 31.2 Å². The Morgan fingerprint density at radius 3 is 2.78 bits per heavy atom. The molecule has 1 fully saturated rings. The molecule has 0 saturated carbocycles. The van der Waals surface area contributed by atoms with Crippen LogP contribution in [0.4, 0.5) is 5.00 Å².